The Morgan fingerprint density at radius 3 is 2.69 bits per heavy atom. The van der Waals surface area contributed by atoms with Gasteiger partial charge in [0.2, 0.25) is 0 Å². The number of carbonyl (C=O) groups excluding carboxylic acids is 1. The summed E-state index contributed by atoms with van der Waals surface area (Å²) in [6, 6.07) is 2.32. The smallest absolute Gasteiger partial charge is 0.264 e. The second kappa shape index (κ2) is 4.55. The Labute approximate surface area is 99.7 Å². The van der Waals surface area contributed by atoms with Crippen LogP contribution in [-0.4, -0.2) is 35.1 Å². The quantitative estimate of drug-likeness (QED) is 0.872. The van der Waals surface area contributed by atoms with Crippen LogP contribution in [0.15, 0.2) is 6.07 Å². The van der Waals surface area contributed by atoms with Crippen LogP contribution in [0.25, 0.3) is 0 Å². The Kier molecular flexibility index (Phi) is 3.30. The van der Waals surface area contributed by atoms with Crippen LogP contribution in [0.5, 0.6) is 0 Å². The number of amides is 1. The Balaban J connectivity index is 2.15. The van der Waals surface area contributed by atoms with Crippen molar-refractivity contribution in [2.75, 3.05) is 13.2 Å². The summed E-state index contributed by atoms with van der Waals surface area (Å²) in [4.78, 5) is 16.0. The molecule has 16 heavy (non-hydrogen) atoms. The van der Waals surface area contributed by atoms with Gasteiger partial charge in [0.25, 0.3) is 5.91 Å². The van der Waals surface area contributed by atoms with Crippen LogP contribution < -0.4 is 0 Å². The van der Waals surface area contributed by atoms with E-state index in [-0.39, 0.29) is 12.5 Å². The molecule has 1 fully saturated rings. The molecule has 0 unspecified atom stereocenters. The highest BCUT2D eigenvalue weighted by Gasteiger charge is 2.33. The van der Waals surface area contributed by atoms with Gasteiger partial charge in [0.15, 0.2) is 0 Å². The summed E-state index contributed by atoms with van der Waals surface area (Å²) in [5.74, 6) is 0.0813. The van der Waals surface area contributed by atoms with E-state index in [4.69, 9.17) is 5.11 Å². The molecule has 0 radical (unpaired) electrons. The lowest BCUT2D eigenvalue weighted by molar-refractivity contribution is 0.0712. The fourth-order valence-electron chi connectivity index (χ4n) is 1.76. The number of hydrogen-bond acceptors (Lipinski definition) is 3. The molecule has 1 heterocycles. The molecule has 2 rings (SSSR count). The van der Waals surface area contributed by atoms with Crippen LogP contribution in [0, 0.1) is 13.8 Å². The molecule has 0 aliphatic heterocycles. The number of hydrogen-bond donors (Lipinski definition) is 1. The molecule has 0 spiro atoms. The fourth-order valence-corrected chi connectivity index (χ4v) is 2.75. The number of thiophene rings is 1. The van der Waals surface area contributed by atoms with Gasteiger partial charge in [-0.3, -0.25) is 4.79 Å². The first kappa shape index (κ1) is 11.6. The number of rotatable bonds is 4. The van der Waals surface area contributed by atoms with E-state index in [1.807, 2.05) is 24.8 Å². The topological polar surface area (TPSA) is 40.5 Å². The number of nitrogens with zero attached hydrogens (tertiary/aromatic N) is 1. The van der Waals surface area contributed by atoms with Crippen LogP contribution in [-0.2, 0) is 0 Å². The van der Waals surface area contributed by atoms with E-state index in [9.17, 15) is 4.79 Å². The van der Waals surface area contributed by atoms with E-state index < -0.39 is 0 Å². The van der Waals surface area contributed by atoms with Gasteiger partial charge in [0, 0.05) is 17.5 Å². The highest BCUT2D eigenvalue weighted by atomic mass is 32.1. The molecule has 0 bridgehead atoms. The highest BCUT2D eigenvalue weighted by molar-refractivity contribution is 7.14. The maximum Gasteiger partial charge on any atom is 0.264 e. The number of aliphatic hydroxyl groups is 1. The molecule has 88 valence electrons. The van der Waals surface area contributed by atoms with E-state index in [2.05, 4.69) is 0 Å². The predicted molar refractivity (Wildman–Crippen MR) is 64.9 cm³/mol. The highest BCUT2D eigenvalue weighted by Crippen LogP contribution is 2.30. The van der Waals surface area contributed by atoms with E-state index in [1.165, 1.54) is 10.4 Å². The molecule has 1 aromatic heterocycles. The SMILES string of the molecule is Cc1cc(C(=O)N(CCO)C2CC2)sc1C. The number of aliphatic hydroxyl groups excluding tert-OH is 1. The summed E-state index contributed by atoms with van der Waals surface area (Å²) >= 11 is 1.55. The summed E-state index contributed by atoms with van der Waals surface area (Å²) in [5.41, 5.74) is 1.17. The summed E-state index contributed by atoms with van der Waals surface area (Å²) in [7, 11) is 0. The van der Waals surface area contributed by atoms with Crippen molar-refractivity contribution in [3.05, 3.63) is 21.4 Å². The molecule has 1 N–H and O–H groups in total. The first-order valence-electron chi connectivity index (χ1n) is 5.62. The zero-order valence-electron chi connectivity index (χ0n) is 9.69. The minimum absolute atomic E-state index is 0.0472. The van der Waals surface area contributed by atoms with Crippen LogP contribution >= 0.6 is 11.3 Å². The van der Waals surface area contributed by atoms with Gasteiger partial charge in [0.1, 0.15) is 0 Å². The average molecular weight is 239 g/mol. The van der Waals surface area contributed by atoms with Gasteiger partial charge in [-0.05, 0) is 38.3 Å². The maximum atomic E-state index is 12.2. The molecule has 1 amide bonds. The summed E-state index contributed by atoms with van der Waals surface area (Å²) in [5, 5.41) is 8.98. The molecule has 1 aromatic rings. The Morgan fingerprint density at radius 1 is 1.56 bits per heavy atom. The predicted octanol–water partition coefficient (Wildman–Crippen LogP) is 1.96. The normalized spacial score (nSPS) is 15.2. The first-order valence-corrected chi connectivity index (χ1v) is 6.44. The zero-order chi connectivity index (χ0) is 11.7. The Hall–Kier alpha value is -0.870. The van der Waals surface area contributed by atoms with Crippen molar-refractivity contribution in [1.29, 1.82) is 0 Å². The number of aryl methyl sites for hydroxylation is 2. The van der Waals surface area contributed by atoms with Gasteiger partial charge >= 0.3 is 0 Å². The lowest BCUT2D eigenvalue weighted by Crippen LogP contribution is -2.35. The minimum atomic E-state index is 0.0472. The van der Waals surface area contributed by atoms with Gasteiger partial charge in [0.05, 0.1) is 11.5 Å². The molecule has 1 aliphatic carbocycles. The van der Waals surface area contributed by atoms with Gasteiger partial charge in [-0.15, -0.1) is 11.3 Å². The molecular weight excluding hydrogens is 222 g/mol. The summed E-state index contributed by atoms with van der Waals surface area (Å²) in [6.07, 6.45) is 2.16. The second-order valence-electron chi connectivity index (χ2n) is 4.30. The molecule has 3 nitrogen and oxygen atoms in total. The monoisotopic (exact) mass is 239 g/mol. The lowest BCUT2D eigenvalue weighted by atomic mass is 10.2. The molecule has 0 atom stereocenters. The third-order valence-corrected chi connectivity index (χ3v) is 4.11. The molecule has 1 saturated carbocycles. The number of carbonyl (C=O) groups is 1. The Morgan fingerprint density at radius 2 is 2.25 bits per heavy atom. The van der Waals surface area contributed by atoms with Crippen molar-refractivity contribution in [3.8, 4) is 0 Å². The van der Waals surface area contributed by atoms with Crippen LogP contribution in [0.4, 0.5) is 0 Å². The van der Waals surface area contributed by atoms with Crippen molar-refractivity contribution < 1.29 is 9.90 Å². The van der Waals surface area contributed by atoms with Gasteiger partial charge in [-0.2, -0.15) is 0 Å². The van der Waals surface area contributed by atoms with Crippen molar-refractivity contribution in [1.82, 2.24) is 4.90 Å². The fraction of sp³-hybridized carbons (Fsp3) is 0.583. The van der Waals surface area contributed by atoms with Crippen molar-refractivity contribution in [3.63, 3.8) is 0 Å². The van der Waals surface area contributed by atoms with Crippen molar-refractivity contribution >= 4 is 17.2 Å². The van der Waals surface area contributed by atoms with Crippen LogP contribution in [0.2, 0.25) is 0 Å². The lowest BCUT2D eigenvalue weighted by Gasteiger charge is -2.20. The maximum absolute atomic E-state index is 12.2. The minimum Gasteiger partial charge on any atom is -0.395 e. The average Bonchev–Trinajstić information content (AvgIpc) is 3.02. The molecule has 1 aliphatic rings. The van der Waals surface area contributed by atoms with E-state index in [0.717, 1.165) is 17.7 Å². The van der Waals surface area contributed by atoms with E-state index in [0.29, 0.717) is 12.6 Å². The largest absolute Gasteiger partial charge is 0.395 e. The van der Waals surface area contributed by atoms with Gasteiger partial charge < -0.3 is 10.0 Å². The van der Waals surface area contributed by atoms with E-state index >= 15 is 0 Å². The van der Waals surface area contributed by atoms with Crippen molar-refractivity contribution in [2.45, 2.75) is 32.7 Å². The molecule has 0 saturated heterocycles. The Bertz CT molecular complexity index is 376. The molecular formula is C12H17NO2S. The second-order valence-corrected chi connectivity index (χ2v) is 5.56. The first-order chi connectivity index (χ1) is 7.63. The van der Waals surface area contributed by atoms with E-state index in [1.54, 1.807) is 11.3 Å². The third-order valence-electron chi connectivity index (χ3n) is 2.97. The standard InChI is InChI=1S/C12H17NO2S/c1-8-7-11(16-9(8)2)12(15)13(5-6-14)10-3-4-10/h7,10,14H,3-6H2,1-2H3. The molecule has 4 heteroatoms. The van der Waals surface area contributed by atoms with Gasteiger partial charge in [-0.25, -0.2) is 0 Å². The third kappa shape index (κ3) is 2.28. The van der Waals surface area contributed by atoms with Crippen LogP contribution in [0.1, 0.15) is 33.0 Å². The zero-order valence-corrected chi connectivity index (χ0v) is 10.5. The summed E-state index contributed by atoms with van der Waals surface area (Å²) < 4.78 is 0. The molecule has 0 aromatic carbocycles. The van der Waals surface area contributed by atoms with Crippen LogP contribution in [0.3, 0.4) is 0 Å². The summed E-state index contributed by atoms with van der Waals surface area (Å²) in [6.45, 7) is 4.56. The van der Waals surface area contributed by atoms with Crippen molar-refractivity contribution in [2.24, 2.45) is 0 Å². The van der Waals surface area contributed by atoms with Gasteiger partial charge in [-0.1, -0.05) is 0 Å².